The molecular weight excluding hydrogens is 322 g/mol. The summed E-state index contributed by atoms with van der Waals surface area (Å²) in [5.74, 6) is 0.968. The molecule has 2 heterocycles. The number of para-hydroxylation sites is 1. The highest BCUT2D eigenvalue weighted by Gasteiger charge is 2.27. The Hall–Kier alpha value is -1.07. The monoisotopic (exact) mass is 339 g/mol. The van der Waals surface area contributed by atoms with Crippen LogP contribution in [0.3, 0.4) is 0 Å². The number of anilines is 1. The van der Waals surface area contributed by atoms with Gasteiger partial charge in [0.05, 0.1) is 13.2 Å². The van der Waals surface area contributed by atoms with Crippen molar-refractivity contribution in [2.24, 2.45) is 0 Å². The highest BCUT2D eigenvalue weighted by molar-refractivity contribution is 9.10. The maximum absolute atomic E-state index is 12.0. The molecule has 5 heteroatoms. The van der Waals surface area contributed by atoms with Crippen molar-refractivity contribution in [2.45, 2.75) is 31.8 Å². The number of carbonyl (C=O) groups excluding carboxylic acids is 1. The Labute approximate surface area is 127 Å². The topological polar surface area (TPSA) is 38.8 Å². The van der Waals surface area contributed by atoms with Gasteiger partial charge in [0, 0.05) is 30.3 Å². The summed E-state index contributed by atoms with van der Waals surface area (Å²) in [6.45, 7) is 2.26. The third kappa shape index (κ3) is 2.83. The number of halogens is 1. The molecule has 108 valence electrons. The largest absolute Gasteiger partial charge is 0.488 e. The van der Waals surface area contributed by atoms with Crippen LogP contribution >= 0.6 is 15.9 Å². The van der Waals surface area contributed by atoms with Gasteiger partial charge in [-0.2, -0.15) is 0 Å². The van der Waals surface area contributed by atoms with Crippen LogP contribution in [0.25, 0.3) is 0 Å². The molecule has 1 aromatic carbocycles. The standard InChI is InChI=1S/C15H18BrNO3/c16-12-3-1-4-13(20-11-6-9-19-10-7-11)15(12)17-8-2-5-14(17)18/h1,3-4,11H,2,5-10H2. The molecule has 0 bridgehead atoms. The van der Waals surface area contributed by atoms with Crippen LogP contribution in [-0.2, 0) is 9.53 Å². The minimum absolute atomic E-state index is 0.175. The van der Waals surface area contributed by atoms with Gasteiger partial charge < -0.3 is 14.4 Å². The molecule has 3 rings (SSSR count). The molecule has 1 amide bonds. The molecule has 4 nitrogen and oxygen atoms in total. The summed E-state index contributed by atoms with van der Waals surface area (Å²) in [5.41, 5.74) is 0.876. The van der Waals surface area contributed by atoms with Crippen molar-refractivity contribution in [1.29, 1.82) is 0 Å². The molecule has 2 aliphatic heterocycles. The van der Waals surface area contributed by atoms with Crippen LogP contribution in [0.1, 0.15) is 25.7 Å². The van der Waals surface area contributed by atoms with E-state index in [-0.39, 0.29) is 12.0 Å². The third-order valence-corrected chi connectivity index (χ3v) is 4.39. The van der Waals surface area contributed by atoms with E-state index in [1.807, 2.05) is 23.1 Å². The maximum Gasteiger partial charge on any atom is 0.227 e. The average Bonchev–Trinajstić information content (AvgIpc) is 2.86. The molecule has 0 aromatic heterocycles. The van der Waals surface area contributed by atoms with Gasteiger partial charge in [-0.1, -0.05) is 6.07 Å². The van der Waals surface area contributed by atoms with E-state index >= 15 is 0 Å². The highest BCUT2D eigenvalue weighted by Crippen LogP contribution is 2.39. The van der Waals surface area contributed by atoms with Gasteiger partial charge in [0.25, 0.3) is 0 Å². The van der Waals surface area contributed by atoms with Crippen LogP contribution in [0.4, 0.5) is 5.69 Å². The van der Waals surface area contributed by atoms with Crippen molar-refractivity contribution in [2.75, 3.05) is 24.7 Å². The number of rotatable bonds is 3. The fraction of sp³-hybridized carbons (Fsp3) is 0.533. The van der Waals surface area contributed by atoms with Crippen molar-refractivity contribution < 1.29 is 14.3 Å². The van der Waals surface area contributed by atoms with Gasteiger partial charge in [-0.3, -0.25) is 4.79 Å². The maximum atomic E-state index is 12.0. The zero-order valence-electron chi connectivity index (χ0n) is 11.3. The van der Waals surface area contributed by atoms with Crippen molar-refractivity contribution in [1.82, 2.24) is 0 Å². The summed E-state index contributed by atoms with van der Waals surface area (Å²) >= 11 is 3.55. The summed E-state index contributed by atoms with van der Waals surface area (Å²) in [4.78, 5) is 13.8. The Bertz CT molecular complexity index is 500. The summed E-state index contributed by atoms with van der Waals surface area (Å²) in [6.07, 6.45) is 3.52. The van der Waals surface area contributed by atoms with Gasteiger partial charge in [0.1, 0.15) is 17.5 Å². The van der Waals surface area contributed by atoms with Crippen LogP contribution in [-0.4, -0.2) is 31.8 Å². The van der Waals surface area contributed by atoms with Crippen LogP contribution in [0.2, 0.25) is 0 Å². The Morgan fingerprint density at radius 2 is 2.10 bits per heavy atom. The molecule has 0 atom stereocenters. The van der Waals surface area contributed by atoms with Gasteiger partial charge in [-0.25, -0.2) is 0 Å². The lowest BCUT2D eigenvalue weighted by Gasteiger charge is -2.27. The fourth-order valence-corrected chi connectivity index (χ4v) is 3.27. The number of nitrogens with zero attached hydrogens (tertiary/aromatic N) is 1. The average molecular weight is 340 g/mol. The Morgan fingerprint density at radius 3 is 2.80 bits per heavy atom. The molecule has 2 aliphatic rings. The van der Waals surface area contributed by atoms with Gasteiger partial charge in [0.2, 0.25) is 5.91 Å². The number of ether oxygens (including phenoxy) is 2. The molecule has 0 aliphatic carbocycles. The van der Waals surface area contributed by atoms with E-state index in [4.69, 9.17) is 9.47 Å². The van der Waals surface area contributed by atoms with Crippen molar-refractivity contribution in [3.8, 4) is 5.75 Å². The van der Waals surface area contributed by atoms with Crippen molar-refractivity contribution >= 4 is 27.5 Å². The predicted molar refractivity (Wildman–Crippen MR) is 80.2 cm³/mol. The quantitative estimate of drug-likeness (QED) is 0.849. The summed E-state index contributed by atoms with van der Waals surface area (Å²) in [6, 6.07) is 5.85. The lowest BCUT2D eigenvalue weighted by atomic mass is 10.1. The van der Waals surface area contributed by atoms with E-state index in [1.54, 1.807) is 0 Å². The molecule has 1 aromatic rings. The van der Waals surface area contributed by atoms with Crippen molar-refractivity contribution in [3.05, 3.63) is 22.7 Å². The normalized spacial score (nSPS) is 20.4. The minimum atomic E-state index is 0.175. The zero-order valence-corrected chi connectivity index (χ0v) is 12.9. The summed E-state index contributed by atoms with van der Waals surface area (Å²) in [5, 5.41) is 0. The van der Waals surface area contributed by atoms with E-state index in [2.05, 4.69) is 15.9 Å². The number of amides is 1. The van der Waals surface area contributed by atoms with Crippen LogP contribution in [0, 0.1) is 0 Å². The highest BCUT2D eigenvalue weighted by atomic mass is 79.9. The first-order chi connectivity index (χ1) is 9.75. The molecule has 0 radical (unpaired) electrons. The fourth-order valence-electron chi connectivity index (χ4n) is 2.71. The van der Waals surface area contributed by atoms with Gasteiger partial charge in [0.15, 0.2) is 0 Å². The minimum Gasteiger partial charge on any atom is -0.488 e. The second-order valence-electron chi connectivity index (χ2n) is 5.17. The molecule has 20 heavy (non-hydrogen) atoms. The Kier molecular flexibility index (Phi) is 4.27. The van der Waals surface area contributed by atoms with E-state index in [0.29, 0.717) is 6.42 Å². The van der Waals surface area contributed by atoms with E-state index < -0.39 is 0 Å². The van der Waals surface area contributed by atoms with Crippen LogP contribution in [0.15, 0.2) is 22.7 Å². The summed E-state index contributed by atoms with van der Waals surface area (Å²) < 4.78 is 12.4. The third-order valence-electron chi connectivity index (χ3n) is 3.76. The predicted octanol–water partition coefficient (Wildman–Crippen LogP) is 3.13. The van der Waals surface area contributed by atoms with Crippen molar-refractivity contribution in [3.63, 3.8) is 0 Å². The molecule has 2 saturated heterocycles. The van der Waals surface area contributed by atoms with Gasteiger partial charge in [-0.15, -0.1) is 0 Å². The van der Waals surface area contributed by atoms with Crippen LogP contribution < -0.4 is 9.64 Å². The lowest BCUT2D eigenvalue weighted by Crippen LogP contribution is -2.28. The number of hydrogen-bond donors (Lipinski definition) is 0. The molecular formula is C15H18BrNO3. The number of carbonyl (C=O) groups is 1. The van der Waals surface area contributed by atoms with E-state index in [1.165, 1.54) is 0 Å². The molecule has 0 unspecified atom stereocenters. The first-order valence-electron chi connectivity index (χ1n) is 7.09. The van der Waals surface area contributed by atoms with Gasteiger partial charge in [-0.05, 0) is 34.5 Å². The number of hydrogen-bond acceptors (Lipinski definition) is 3. The first-order valence-corrected chi connectivity index (χ1v) is 7.88. The number of benzene rings is 1. The summed E-state index contributed by atoms with van der Waals surface area (Å²) in [7, 11) is 0. The molecule has 0 saturated carbocycles. The first kappa shape index (κ1) is 13.9. The molecule has 2 fully saturated rings. The SMILES string of the molecule is O=C1CCCN1c1c(Br)cccc1OC1CCOCC1. The second-order valence-corrected chi connectivity index (χ2v) is 6.02. The van der Waals surface area contributed by atoms with E-state index in [9.17, 15) is 4.79 Å². The second kappa shape index (κ2) is 6.14. The zero-order chi connectivity index (χ0) is 13.9. The van der Waals surface area contributed by atoms with Crippen LogP contribution in [0.5, 0.6) is 5.75 Å². The molecule has 0 N–H and O–H groups in total. The molecule has 0 spiro atoms. The lowest BCUT2D eigenvalue weighted by molar-refractivity contribution is -0.117. The Balaban J connectivity index is 1.86. The van der Waals surface area contributed by atoms with Gasteiger partial charge >= 0.3 is 0 Å². The Morgan fingerprint density at radius 1 is 1.30 bits per heavy atom. The van der Waals surface area contributed by atoms with E-state index in [0.717, 1.165) is 54.9 Å². The smallest absolute Gasteiger partial charge is 0.227 e.